The maximum absolute atomic E-state index is 13.3. The second-order valence-corrected chi connectivity index (χ2v) is 2.81. The van der Waals surface area contributed by atoms with E-state index in [1.165, 1.54) is 0 Å². The van der Waals surface area contributed by atoms with Gasteiger partial charge in [0.05, 0.1) is 0 Å². The van der Waals surface area contributed by atoms with Crippen molar-refractivity contribution in [1.29, 1.82) is 0 Å². The number of nitrogens with zero attached hydrogens (tertiary/aromatic N) is 2. The van der Waals surface area contributed by atoms with E-state index in [2.05, 4.69) is 9.97 Å². The molecule has 0 saturated carbocycles. The van der Waals surface area contributed by atoms with E-state index >= 15 is 0 Å². The lowest BCUT2D eigenvalue weighted by atomic mass is 10.1. The Bertz CT molecular complexity index is 442. The summed E-state index contributed by atoms with van der Waals surface area (Å²) in [6.07, 6.45) is 3.20. The Balaban J connectivity index is 2.53. The normalized spacial score (nSPS) is 10.1. The highest BCUT2D eigenvalue weighted by Gasteiger charge is 2.05. The van der Waals surface area contributed by atoms with Gasteiger partial charge in [0, 0.05) is 18.0 Å². The first-order chi connectivity index (χ1) is 6.77. The molecule has 0 aliphatic rings. The second kappa shape index (κ2) is 3.41. The van der Waals surface area contributed by atoms with E-state index in [-0.39, 0.29) is 5.82 Å². The molecular formula is C10H8FN3. The predicted molar refractivity (Wildman–Crippen MR) is 51.8 cm³/mol. The van der Waals surface area contributed by atoms with Crippen molar-refractivity contribution in [3.63, 3.8) is 0 Å². The first-order valence-corrected chi connectivity index (χ1v) is 4.10. The zero-order valence-electron chi connectivity index (χ0n) is 7.31. The fraction of sp³-hybridized carbons (Fsp3) is 0. The van der Waals surface area contributed by atoms with Crippen molar-refractivity contribution >= 4 is 5.82 Å². The molecule has 0 amide bonds. The van der Waals surface area contributed by atoms with E-state index in [9.17, 15) is 4.39 Å². The Morgan fingerprint density at radius 2 is 1.79 bits per heavy atom. The molecule has 3 nitrogen and oxygen atoms in total. The van der Waals surface area contributed by atoms with Crippen LogP contribution in [0.25, 0.3) is 11.1 Å². The SMILES string of the molecule is Nc1ccc(-c2ccncc2)c(F)n1. The highest BCUT2D eigenvalue weighted by molar-refractivity contribution is 5.63. The molecule has 0 spiro atoms. The van der Waals surface area contributed by atoms with Gasteiger partial charge in [-0.25, -0.2) is 4.98 Å². The Hall–Kier alpha value is -1.97. The lowest BCUT2D eigenvalue weighted by Crippen LogP contribution is -1.94. The summed E-state index contributed by atoms with van der Waals surface area (Å²) in [5.41, 5.74) is 6.51. The number of pyridine rings is 2. The summed E-state index contributed by atoms with van der Waals surface area (Å²) in [5, 5.41) is 0. The number of nitrogens with two attached hydrogens (primary N) is 1. The fourth-order valence-electron chi connectivity index (χ4n) is 1.20. The maximum atomic E-state index is 13.3. The third kappa shape index (κ3) is 1.54. The number of halogens is 1. The summed E-state index contributed by atoms with van der Waals surface area (Å²) in [6.45, 7) is 0. The smallest absolute Gasteiger partial charge is 0.222 e. The molecule has 0 saturated heterocycles. The molecule has 4 heteroatoms. The Kier molecular flexibility index (Phi) is 2.10. The summed E-state index contributed by atoms with van der Waals surface area (Å²) in [6, 6.07) is 6.61. The third-order valence-electron chi connectivity index (χ3n) is 1.86. The summed E-state index contributed by atoms with van der Waals surface area (Å²) < 4.78 is 13.3. The molecule has 0 aromatic carbocycles. The minimum atomic E-state index is -0.559. The van der Waals surface area contributed by atoms with E-state index in [0.29, 0.717) is 5.56 Å². The highest BCUT2D eigenvalue weighted by Crippen LogP contribution is 2.21. The van der Waals surface area contributed by atoms with Crippen LogP contribution >= 0.6 is 0 Å². The van der Waals surface area contributed by atoms with Gasteiger partial charge in [0.1, 0.15) is 5.82 Å². The number of anilines is 1. The molecule has 0 radical (unpaired) electrons. The number of aromatic nitrogens is 2. The van der Waals surface area contributed by atoms with Gasteiger partial charge in [0.25, 0.3) is 0 Å². The van der Waals surface area contributed by atoms with E-state index in [1.807, 2.05) is 0 Å². The summed E-state index contributed by atoms with van der Waals surface area (Å²) in [5.74, 6) is -0.378. The maximum Gasteiger partial charge on any atom is 0.222 e. The van der Waals surface area contributed by atoms with Crippen LogP contribution < -0.4 is 5.73 Å². The van der Waals surface area contributed by atoms with Gasteiger partial charge < -0.3 is 5.73 Å². The van der Waals surface area contributed by atoms with E-state index in [0.717, 1.165) is 5.56 Å². The first-order valence-electron chi connectivity index (χ1n) is 4.10. The molecule has 0 bridgehead atoms. The van der Waals surface area contributed by atoms with Gasteiger partial charge in [-0.3, -0.25) is 4.98 Å². The molecule has 0 aliphatic carbocycles. The van der Waals surface area contributed by atoms with Gasteiger partial charge in [-0.2, -0.15) is 4.39 Å². The average molecular weight is 189 g/mol. The second-order valence-electron chi connectivity index (χ2n) is 2.81. The van der Waals surface area contributed by atoms with Gasteiger partial charge in [0.15, 0.2) is 0 Å². The van der Waals surface area contributed by atoms with Gasteiger partial charge in [-0.15, -0.1) is 0 Å². The van der Waals surface area contributed by atoms with E-state index in [4.69, 9.17) is 5.73 Å². The number of nitrogen functional groups attached to an aromatic ring is 1. The quantitative estimate of drug-likeness (QED) is 0.696. The first kappa shape index (κ1) is 8.62. The standard InChI is InChI=1S/C10H8FN3/c11-10-8(1-2-9(12)14-10)7-3-5-13-6-4-7/h1-6H,(H2,12,14). The van der Waals surface area contributed by atoms with Crippen LogP contribution in [0.5, 0.6) is 0 Å². The molecule has 2 N–H and O–H groups in total. The lowest BCUT2D eigenvalue weighted by molar-refractivity contribution is 0.589. The van der Waals surface area contributed by atoms with E-state index < -0.39 is 5.95 Å². The molecule has 2 rings (SSSR count). The van der Waals surface area contributed by atoms with Crippen LogP contribution in [-0.4, -0.2) is 9.97 Å². The molecule has 0 unspecified atom stereocenters. The minimum Gasteiger partial charge on any atom is -0.384 e. The summed E-state index contributed by atoms with van der Waals surface area (Å²) >= 11 is 0. The van der Waals surface area contributed by atoms with Gasteiger partial charge >= 0.3 is 0 Å². The topological polar surface area (TPSA) is 51.8 Å². The third-order valence-corrected chi connectivity index (χ3v) is 1.86. The number of hydrogen-bond acceptors (Lipinski definition) is 3. The van der Waals surface area contributed by atoms with Crippen molar-refractivity contribution in [2.24, 2.45) is 0 Å². The van der Waals surface area contributed by atoms with Crippen LogP contribution in [0.15, 0.2) is 36.7 Å². The van der Waals surface area contributed by atoms with Crippen LogP contribution in [0, 0.1) is 5.95 Å². The van der Waals surface area contributed by atoms with Gasteiger partial charge in [-0.05, 0) is 29.8 Å². The van der Waals surface area contributed by atoms with Crippen LogP contribution in [-0.2, 0) is 0 Å². The minimum absolute atomic E-state index is 0.181. The predicted octanol–water partition coefficient (Wildman–Crippen LogP) is 1.86. The zero-order chi connectivity index (χ0) is 9.97. The van der Waals surface area contributed by atoms with Gasteiger partial charge in [0.2, 0.25) is 5.95 Å². The molecule has 14 heavy (non-hydrogen) atoms. The Labute approximate surface area is 80.4 Å². The molecule has 2 heterocycles. The molecule has 0 fully saturated rings. The molecular weight excluding hydrogens is 181 g/mol. The molecule has 70 valence electrons. The summed E-state index contributed by atoms with van der Waals surface area (Å²) in [7, 11) is 0. The highest BCUT2D eigenvalue weighted by atomic mass is 19.1. The number of hydrogen-bond donors (Lipinski definition) is 1. The van der Waals surface area contributed by atoms with E-state index in [1.54, 1.807) is 36.7 Å². The van der Waals surface area contributed by atoms with Crippen molar-refractivity contribution in [1.82, 2.24) is 9.97 Å². The lowest BCUT2D eigenvalue weighted by Gasteiger charge is -2.02. The average Bonchev–Trinajstić information content (AvgIpc) is 2.19. The Morgan fingerprint density at radius 3 is 2.43 bits per heavy atom. The zero-order valence-corrected chi connectivity index (χ0v) is 7.31. The van der Waals surface area contributed by atoms with Gasteiger partial charge in [-0.1, -0.05) is 0 Å². The Morgan fingerprint density at radius 1 is 1.07 bits per heavy atom. The monoisotopic (exact) mass is 189 g/mol. The van der Waals surface area contributed by atoms with Crippen molar-refractivity contribution < 1.29 is 4.39 Å². The molecule has 2 aromatic rings. The van der Waals surface area contributed by atoms with Crippen LogP contribution in [0.1, 0.15) is 0 Å². The van der Waals surface area contributed by atoms with Crippen molar-refractivity contribution in [3.8, 4) is 11.1 Å². The summed E-state index contributed by atoms with van der Waals surface area (Å²) in [4.78, 5) is 7.39. The van der Waals surface area contributed by atoms with Crippen molar-refractivity contribution in [2.75, 3.05) is 5.73 Å². The fourth-order valence-corrected chi connectivity index (χ4v) is 1.20. The van der Waals surface area contributed by atoms with Crippen molar-refractivity contribution in [3.05, 3.63) is 42.6 Å². The number of rotatable bonds is 1. The van der Waals surface area contributed by atoms with Crippen LogP contribution in [0.4, 0.5) is 10.2 Å². The van der Waals surface area contributed by atoms with Crippen LogP contribution in [0.2, 0.25) is 0 Å². The molecule has 0 atom stereocenters. The van der Waals surface area contributed by atoms with Crippen molar-refractivity contribution in [2.45, 2.75) is 0 Å². The largest absolute Gasteiger partial charge is 0.384 e. The molecule has 0 aliphatic heterocycles. The van der Waals surface area contributed by atoms with Crippen LogP contribution in [0.3, 0.4) is 0 Å². The molecule has 2 aromatic heterocycles.